The minimum Gasteiger partial charge on any atom is -0.520 e. The van der Waals surface area contributed by atoms with E-state index in [1.54, 1.807) is 0 Å². The minimum absolute atomic E-state index is 0.0232. The quantitative estimate of drug-likeness (QED) is 0.409. The number of rotatable bonds is 8. The number of carboxylic acid groups (broad SMARTS) is 1. The summed E-state index contributed by atoms with van der Waals surface area (Å²) in [6.07, 6.45) is 0. The monoisotopic (exact) mass is 350 g/mol. The van der Waals surface area contributed by atoms with Crippen molar-refractivity contribution in [2.24, 2.45) is 0 Å². The van der Waals surface area contributed by atoms with Crippen LogP contribution in [0.15, 0.2) is 11.5 Å². The molecule has 0 aromatic heterocycles. The highest BCUT2D eigenvalue weighted by Gasteiger charge is 2.30. The van der Waals surface area contributed by atoms with Gasteiger partial charge in [-0.25, -0.2) is 4.79 Å². The van der Waals surface area contributed by atoms with Crippen LogP contribution in [0.3, 0.4) is 0 Å². The average molecular weight is 351 g/mol. The summed E-state index contributed by atoms with van der Waals surface area (Å²) < 4.78 is 17.5. The lowest BCUT2D eigenvalue weighted by atomic mass is 10.3. The first-order valence-electron chi connectivity index (χ1n) is 7.09. The largest absolute Gasteiger partial charge is 0.520 e. The summed E-state index contributed by atoms with van der Waals surface area (Å²) in [5.74, 6) is -0.890. The van der Waals surface area contributed by atoms with Crippen LogP contribution >= 0.6 is 0 Å². The van der Waals surface area contributed by atoms with Crippen LogP contribution in [-0.4, -0.2) is 42.6 Å². The maximum atomic E-state index is 11.6. The molecule has 8 heteroatoms. The van der Waals surface area contributed by atoms with E-state index in [0.29, 0.717) is 0 Å². The second-order valence-corrected chi connectivity index (χ2v) is 21.3. The standard InChI is InChI=1S/C13H30O5Si3/c1-19(2,3)16-10-11(12(14)15)13(17-20(4,5)6)18-21(7,8)9/h10H2,1-9H3,(H,14,15). The first kappa shape index (κ1) is 20.4. The van der Waals surface area contributed by atoms with Gasteiger partial charge in [0.15, 0.2) is 8.32 Å². The first-order chi connectivity index (χ1) is 9.11. The van der Waals surface area contributed by atoms with Crippen molar-refractivity contribution in [2.75, 3.05) is 6.61 Å². The van der Waals surface area contributed by atoms with Crippen LogP contribution in [0.2, 0.25) is 58.9 Å². The second-order valence-electron chi connectivity index (χ2n) is 7.90. The Morgan fingerprint density at radius 2 is 1.19 bits per heavy atom. The normalized spacial score (nSPS) is 12.8. The van der Waals surface area contributed by atoms with Crippen molar-refractivity contribution in [3.8, 4) is 0 Å². The summed E-state index contributed by atoms with van der Waals surface area (Å²) in [5, 5.41) is 9.48. The molecule has 0 aromatic carbocycles. The van der Waals surface area contributed by atoms with Crippen molar-refractivity contribution in [1.82, 2.24) is 0 Å². The Morgan fingerprint density at radius 3 is 1.43 bits per heavy atom. The van der Waals surface area contributed by atoms with Crippen molar-refractivity contribution in [3.63, 3.8) is 0 Å². The Bertz CT molecular complexity index is 382. The Balaban J connectivity index is 5.53. The molecule has 0 saturated heterocycles. The third kappa shape index (κ3) is 10.7. The van der Waals surface area contributed by atoms with Gasteiger partial charge in [0.1, 0.15) is 5.57 Å². The van der Waals surface area contributed by atoms with Crippen molar-refractivity contribution in [3.05, 3.63) is 11.5 Å². The first-order valence-corrected chi connectivity index (χ1v) is 17.3. The van der Waals surface area contributed by atoms with Crippen LogP contribution in [-0.2, 0) is 18.1 Å². The third-order valence-electron chi connectivity index (χ3n) is 1.95. The van der Waals surface area contributed by atoms with Crippen LogP contribution in [0.1, 0.15) is 0 Å². The predicted molar refractivity (Wildman–Crippen MR) is 92.8 cm³/mol. The summed E-state index contributed by atoms with van der Waals surface area (Å²) >= 11 is 0. The topological polar surface area (TPSA) is 65.0 Å². The van der Waals surface area contributed by atoms with Crippen LogP contribution in [0.5, 0.6) is 0 Å². The fraction of sp³-hybridized carbons (Fsp3) is 0.769. The van der Waals surface area contributed by atoms with E-state index in [4.69, 9.17) is 13.3 Å². The van der Waals surface area contributed by atoms with Gasteiger partial charge in [-0.3, -0.25) is 0 Å². The minimum atomic E-state index is -1.97. The fourth-order valence-corrected chi connectivity index (χ4v) is 3.30. The number of hydrogen-bond acceptors (Lipinski definition) is 4. The predicted octanol–water partition coefficient (Wildman–Crippen LogP) is 3.84. The van der Waals surface area contributed by atoms with Gasteiger partial charge < -0.3 is 18.4 Å². The highest BCUT2D eigenvalue weighted by molar-refractivity contribution is 6.71. The molecule has 1 N–H and O–H groups in total. The lowest BCUT2D eigenvalue weighted by molar-refractivity contribution is -0.133. The van der Waals surface area contributed by atoms with E-state index < -0.39 is 30.9 Å². The lowest BCUT2D eigenvalue weighted by Crippen LogP contribution is -2.35. The smallest absolute Gasteiger partial charge is 0.341 e. The molecule has 0 rings (SSSR count). The molecule has 0 bridgehead atoms. The summed E-state index contributed by atoms with van der Waals surface area (Å²) in [5.41, 5.74) is 0.0854. The van der Waals surface area contributed by atoms with E-state index in [1.807, 2.05) is 58.9 Å². The Labute approximate surface area is 131 Å². The molecule has 0 aromatic rings. The lowest BCUT2D eigenvalue weighted by Gasteiger charge is -2.29. The highest BCUT2D eigenvalue weighted by Crippen LogP contribution is 2.21. The van der Waals surface area contributed by atoms with E-state index in [9.17, 15) is 9.90 Å². The zero-order chi connectivity index (χ0) is 17.1. The molecule has 0 radical (unpaired) electrons. The molecule has 0 aliphatic rings. The summed E-state index contributed by atoms with van der Waals surface area (Å²) in [6, 6.07) is 0. The molecule has 0 unspecified atom stereocenters. The van der Waals surface area contributed by atoms with Gasteiger partial charge in [0, 0.05) is 0 Å². The molecular formula is C13H30O5Si3. The molecule has 0 spiro atoms. The summed E-state index contributed by atoms with van der Waals surface area (Å²) in [6.45, 7) is 18.1. The molecule has 0 amide bonds. The van der Waals surface area contributed by atoms with Crippen LogP contribution in [0.25, 0.3) is 0 Å². The number of hydrogen-bond donors (Lipinski definition) is 1. The molecule has 0 heterocycles. The maximum absolute atomic E-state index is 11.6. The van der Waals surface area contributed by atoms with Crippen molar-refractivity contribution >= 4 is 30.9 Å². The molecule has 0 saturated carbocycles. The maximum Gasteiger partial charge on any atom is 0.341 e. The van der Waals surface area contributed by atoms with Crippen LogP contribution in [0.4, 0.5) is 0 Å². The molecule has 124 valence electrons. The van der Waals surface area contributed by atoms with Crippen LogP contribution in [0, 0.1) is 0 Å². The van der Waals surface area contributed by atoms with Crippen molar-refractivity contribution in [1.29, 1.82) is 0 Å². The molecule has 0 fully saturated rings. The van der Waals surface area contributed by atoms with Crippen LogP contribution < -0.4 is 0 Å². The van der Waals surface area contributed by atoms with Crippen molar-refractivity contribution < 1.29 is 23.2 Å². The van der Waals surface area contributed by atoms with Gasteiger partial charge in [0.25, 0.3) is 5.95 Å². The fourth-order valence-electron chi connectivity index (χ4n) is 1.20. The van der Waals surface area contributed by atoms with Gasteiger partial charge in [-0.1, -0.05) is 0 Å². The zero-order valence-electron chi connectivity index (χ0n) is 14.8. The Hall–Kier alpha value is -0.579. The molecular weight excluding hydrogens is 320 g/mol. The molecule has 5 nitrogen and oxygen atoms in total. The molecule has 0 aliphatic heterocycles. The number of aliphatic carboxylic acids is 1. The van der Waals surface area contributed by atoms with Crippen molar-refractivity contribution in [2.45, 2.75) is 58.9 Å². The van der Waals surface area contributed by atoms with Gasteiger partial charge in [-0.2, -0.15) is 0 Å². The second kappa shape index (κ2) is 7.12. The van der Waals surface area contributed by atoms with E-state index in [-0.39, 0.29) is 18.1 Å². The Kier molecular flexibility index (Phi) is 6.92. The summed E-state index contributed by atoms with van der Waals surface area (Å²) in [7, 11) is -5.76. The van der Waals surface area contributed by atoms with Gasteiger partial charge in [-0.05, 0) is 58.9 Å². The molecule has 21 heavy (non-hydrogen) atoms. The molecule has 0 atom stereocenters. The van der Waals surface area contributed by atoms with Gasteiger partial charge >= 0.3 is 5.97 Å². The molecule has 0 aliphatic carbocycles. The Morgan fingerprint density at radius 1 is 0.810 bits per heavy atom. The zero-order valence-corrected chi connectivity index (χ0v) is 17.8. The van der Waals surface area contributed by atoms with E-state index in [2.05, 4.69) is 0 Å². The number of carboxylic acids is 1. The number of carbonyl (C=O) groups is 1. The highest BCUT2D eigenvalue weighted by atomic mass is 28.4. The van der Waals surface area contributed by atoms with Gasteiger partial charge in [0.2, 0.25) is 16.6 Å². The third-order valence-corrected chi connectivity index (χ3v) is 4.56. The SMILES string of the molecule is C[Si](C)(C)OCC(C(=O)O)=C(O[Si](C)(C)C)O[Si](C)(C)C. The van der Waals surface area contributed by atoms with E-state index >= 15 is 0 Å². The van der Waals surface area contributed by atoms with Gasteiger partial charge in [-0.15, -0.1) is 0 Å². The summed E-state index contributed by atoms with van der Waals surface area (Å²) in [4.78, 5) is 11.6. The average Bonchev–Trinajstić information content (AvgIpc) is 2.08. The van der Waals surface area contributed by atoms with E-state index in [1.165, 1.54) is 0 Å². The van der Waals surface area contributed by atoms with E-state index in [0.717, 1.165) is 0 Å². The van der Waals surface area contributed by atoms with Gasteiger partial charge in [0.05, 0.1) is 6.61 Å².